The lowest BCUT2D eigenvalue weighted by molar-refractivity contribution is -0.646. The lowest BCUT2D eigenvalue weighted by Gasteiger charge is -2.26. The number of aryl methyl sites for hydroxylation is 1. The van der Waals surface area contributed by atoms with E-state index in [1.807, 2.05) is 0 Å². The third-order valence-electron chi connectivity index (χ3n) is 7.29. The van der Waals surface area contributed by atoms with E-state index in [0.29, 0.717) is 0 Å². The fourth-order valence-electron chi connectivity index (χ4n) is 5.52. The summed E-state index contributed by atoms with van der Waals surface area (Å²) in [5.41, 5.74) is 6.51. The molecule has 0 fully saturated rings. The maximum atomic E-state index is 2.51. The van der Waals surface area contributed by atoms with Gasteiger partial charge < -0.3 is 4.90 Å². The molecule has 0 aliphatic carbocycles. The second-order valence-electron chi connectivity index (χ2n) is 10.0. The van der Waals surface area contributed by atoms with Gasteiger partial charge in [0.05, 0.1) is 0 Å². The number of allylic oxidation sites excluding steroid dienone is 7. The van der Waals surface area contributed by atoms with E-state index >= 15 is 0 Å². The van der Waals surface area contributed by atoms with Gasteiger partial charge in [-0.2, -0.15) is 4.57 Å². The maximum Gasteiger partial charge on any atom is 0.212 e. The Morgan fingerprint density at radius 2 is 1.47 bits per heavy atom. The zero-order chi connectivity index (χ0) is 25.1. The first-order chi connectivity index (χ1) is 17.5. The molecule has 3 aromatic carbocycles. The fraction of sp³-hybridized carbons (Fsp3) is 0.206. The number of rotatable bonds is 6. The van der Waals surface area contributed by atoms with Crippen molar-refractivity contribution in [3.05, 3.63) is 126 Å². The van der Waals surface area contributed by atoms with E-state index in [2.05, 4.69) is 153 Å². The largest absolute Gasteiger partial charge is 0.344 e. The zero-order valence-corrected chi connectivity index (χ0v) is 21.8. The monoisotopic (exact) mass is 471 g/mol. The molecule has 0 radical (unpaired) electrons. The van der Waals surface area contributed by atoms with Gasteiger partial charge in [-0.3, -0.25) is 0 Å². The summed E-state index contributed by atoms with van der Waals surface area (Å²) >= 11 is 0. The Bertz CT molecular complexity index is 1530. The van der Waals surface area contributed by atoms with E-state index in [0.717, 1.165) is 13.0 Å². The first-order valence-corrected chi connectivity index (χ1v) is 12.9. The summed E-state index contributed by atoms with van der Waals surface area (Å²) in [6.45, 7) is 7.99. The number of benzene rings is 3. The zero-order valence-electron chi connectivity index (χ0n) is 21.8. The van der Waals surface area contributed by atoms with Crippen molar-refractivity contribution in [2.45, 2.75) is 32.6 Å². The van der Waals surface area contributed by atoms with Crippen molar-refractivity contribution in [2.24, 2.45) is 7.05 Å². The van der Waals surface area contributed by atoms with Crippen LogP contribution in [-0.2, 0) is 12.5 Å². The summed E-state index contributed by atoms with van der Waals surface area (Å²) in [5, 5.41) is 3.93. The van der Waals surface area contributed by atoms with Gasteiger partial charge in [0, 0.05) is 46.9 Å². The molecule has 2 nitrogen and oxygen atoms in total. The molecule has 0 unspecified atom stereocenters. The standard InChI is InChI=1S/C34H35N2/c1-5-25-36-31-24-22-26-15-11-13-18-29(26)33(31)34(2,3)32(36)20-10-8-6-7-9-17-28-23-21-27-16-12-14-19-30(27)35(28)4/h6-24H,5,25H2,1-4H3/q+1. The minimum Gasteiger partial charge on any atom is -0.344 e. The maximum absolute atomic E-state index is 2.51. The van der Waals surface area contributed by atoms with Gasteiger partial charge >= 0.3 is 0 Å². The minimum atomic E-state index is -0.0514. The van der Waals surface area contributed by atoms with Gasteiger partial charge in [-0.25, -0.2) is 0 Å². The van der Waals surface area contributed by atoms with E-state index in [-0.39, 0.29) is 5.41 Å². The van der Waals surface area contributed by atoms with Gasteiger partial charge in [0.1, 0.15) is 7.05 Å². The summed E-state index contributed by atoms with van der Waals surface area (Å²) in [6, 6.07) is 26.1. The topological polar surface area (TPSA) is 7.12 Å². The van der Waals surface area contributed by atoms with E-state index in [4.69, 9.17) is 0 Å². The molecule has 4 aromatic rings. The van der Waals surface area contributed by atoms with Crippen LogP contribution in [0.4, 0.5) is 5.69 Å². The summed E-state index contributed by atoms with van der Waals surface area (Å²) in [4.78, 5) is 2.51. The number of aromatic nitrogens is 1. The molecular formula is C34H35N2+. The predicted molar refractivity (Wildman–Crippen MR) is 155 cm³/mol. The Balaban J connectivity index is 1.37. The molecule has 1 aromatic heterocycles. The molecule has 0 saturated heterocycles. The number of anilines is 1. The number of hydrogen-bond acceptors (Lipinski definition) is 1. The van der Waals surface area contributed by atoms with Gasteiger partial charge in [0.2, 0.25) is 11.2 Å². The van der Waals surface area contributed by atoms with Crippen molar-refractivity contribution in [1.82, 2.24) is 0 Å². The summed E-state index contributed by atoms with van der Waals surface area (Å²) in [6.07, 6.45) is 16.2. The van der Waals surface area contributed by atoms with Crippen molar-refractivity contribution in [2.75, 3.05) is 11.4 Å². The highest BCUT2D eigenvalue weighted by atomic mass is 15.2. The molecular weight excluding hydrogens is 436 g/mol. The van der Waals surface area contributed by atoms with Crippen LogP contribution < -0.4 is 9.47 Å². The van der Waals surface area contributed by atoms with E-state index in [1.165, 1.54) is 44.3 Å². The van der Waals surface area contributed by atoms with Gasteiger partial charge in [0.25, 0.3) is 0 Å². The van der Waals surface area contributed by atoms with Crippen LogP contribution in [0.5, 0.6) is 0 Å². The minimum absolute atomic E-state index is 0.0514. The van der Waals surface area contributed by atoms with Crippen molar-refractivity contribution < 1.29 is 4.57 Å². The molecule has 180 valence electrons. The highest BCUT2D eigenvalue weighted by molar-refractivity contribution is 5.94. The Hall–Kier alpha value is -3.91. The predicted octanol–water partition coefficient (Wildman–Crippen LogP) is 8.03. The third kappa shape index (κ3) is 4.28. The quantitative estimate of drug-likeness (QED) is 0.204. The molecule has 36 heavy (non-hydrogen) atoms. The fourth-order valence-corrected chi connectivity index (χ4v) is 5.52. The molecule has 2 heterocycles. The number of para-hydroxylation sites is 1. The first kappa shape index (κ1) is 23.8. The van der Waals surface area contributed by atoms with Crippen LogP contribution in [0.1, 0.15) is 38.4 Å². The van der Waals surface area contributed by atoms with Crippen LogP contribution in [-0.4, -0.2) is 6.54 Å². The molecule has 1 aliphatic heterocycles. The lowest BCUT2D eigenvalue weighted by Crippen LogP contribution is -2.32. The molecule has 2 heteroatoms. The van der Waals surface area contributed by atoms with Crippen molar-refractivity contribution in [3.63, 3.8) is 0 Å². The first-order valence-electron chi connectivity index (χ1n) is 12.9. The van der Waals surface area contributed by atoms with Crippen LogP contribution in [0.3, 0.4) is 0 Å². The highest BCUT2D eigenvalue weighted by Crippen LogP contribution is 2.50. The Labute approximate surface area is 215 Å². The molecule has 0 N–H and O–H groups in total. The number of pyridine rings is 1. The number of hydrogen-bond donors (Lipinski definition) is 0. The van der Waals surface area contributed by atoms with Crippen molar-refractivity contribution in [3.8, 4) is 0 Å². The summed E-state index contributed by atoms with van der Waals surface area (Å²) in [5.74, 6) is 0. The SMILES string of the molecule is CCCN1/C(=C/C=C/C=C/C=C/c2ccc3ccccc3[n+]2C)C(C)(C)c2c1ccc1ccccc21. The highest BCUT2D eigenvalue weighted by Gasteiger charge is 2.40. The molecule has 5 rings (SSSR count). The van der Waals surface area contributed by atoms with Crippen molar-refractivity contribution in [1.29, 1.82) is 0 Å². The second-order valence-corrected chi connectivity index (χ2v) is 10.0. The smallest absolute Gasteiger partial charge is 0.212 e. The third-order valence-corrected chi connectivity index (χ3v) is 7.29. The normalized spacial score (nSPS) is 16.4. The van der Waals surface area contributed by atoms with Gasteiger partial charge in [-0.1, -0.05) is 93.6 Å². The van der Waals surface area contributed by atoms with Crippen LogP contribution in [0.25, 0.3) is 27.8 Å². The average Bonchev–Trinajstić information content (AvgIpc) is 3.11. The summed E-state index contributed by atoms with van der Waals surface area (Å²) in [7, 11) is 2.12. The summed E-state index contributed by atoms with van der Waals surface area (Å²) < 4.78 is 2.23. The van der Waals surface area contributed by atoms with Crippen LogP contribution in [0, 0.1) is 0 Å². The number of fused-ring (bicyclic) bond motifs is 4. The lowest BCUT2D eigenvalue weighted by atomic mass is 9.81. The molecule has 0 saturated carbocycles. The van der Waals surface area contributed by atoms with E-state index in [1.54, 1.807) is 0 Å². The van der Waals surface area contributed by atoms with Crippen LogP contribution in [0.15, 0.2) is 115 Å². The van der Waals surface area contributed by atoms with E-state index < -0.39 is 0 Å². The molecule has 0 bridgehead atoms. The van der Waals surface area contributed by atoms with Crippen LogP contribution in [0.2, 0.25) is 0 Å². The molecule has 1 aliphatic rings. The van der Waals surface area contributed by atoms with E-state index in [9.17, 15) is 0 Å². The van der Waals surface area contributed by atoms with Crippen LogP contribution >= 0.6 is 0 Å². The van der Waals surface area contributed by atoms with Gasteiger partial charge in [-0.15, -0.1) is 0 Å². The molecule has 0 amide bonds. The van der Waals surface area contributed by atoms with Gasteiger partial charge in [0.15, 0.2) is 0 Å². The average molecular weight is 472 g/mol. The second kappa shape index (κ2) is 9.99. The number of nitrogens with zero attached hydrogens (tertiary/aromatic N) is 2. The Kier molecular flexibility index (Phi) is 6.61. The molecule has 0 atom stereocenters. The van der Waals surface area contributed by atoms with Gasteiger partial charge in [-0.05, 0) is 47.0 Å². The van der Waals surface area contributed by atoms with Crippen molar-refractivity contribution >= 4 is 33.4 Å². The Morgan fingerprint density at radius 1 is 0.778 bits per heavy atom. The molecule has 0 spiro atoms. The Morgan fingerprint density at radius 3 is 2.31 bits per heavy atom.